The first-order valence-electron chi connectivity index (χ1n) is 10.0. The standard InChI is InChI=1S/C23H18ClN3O6S/c1-3-32-14-10-8-13(9-11-14)20(28)21-18(15-6-4-5-7-17(15)33-21)26-22(29)19-16(24)12-25-23(27-19)34(2,30)31/h4-12H,3H2,1-2H3,(H,26,29). The van der Waals surface area contributed by atoms with E-state index in [9.17, 15) is 18.0 Å². The van der Waals surface area contributed by atoms with Gasteiger partial charge in [-0.3, -0.25) is 9.59 Å². The number of nitrogens with one attached hydrogen (secondary N) is 1. The molecule has 0 unspecified atom stereocenters. The Morgan fingerprint density at radius 3 is 2.50 bits per heavy atom. The van der Waals surface area contributed by atoms with Gasteiger partial charge in [0.05, 0.1) is 23.5 Å². The number of amides is 1. The number of carbonyl (C=O) groups is 2. The quantitative estimate of drug-likeness (QED) is 0.296. The number of ether oxygens (including phenoxy) is 1. The van der Waals surface area contributed by atoms with E-state index in [1.165, 1.54) is 0 Å². The maximum Gasteiger partial charge on any atom is 0.276 e. The number of ketones is 1. The van der Waals surface area contributed by atoms with Crippen molar-refractivity contribution in [3.8, 4) is 5.75 Å². The molecule has 1 amide bonds. The van der Waals surface area contributed by atoms with E-state index in [4.69, 9.17) is 20.8 Å². The van der Waals surface area contributed by atoms with Gasteiger partial charge in [0, 0.05) is 17.2 Å². The molecule has 174 valence electrons. The summed E-state index contributed by atoms with van der Waals surface area (Å²) in [6.07, 6.45) is 1.94. The van der Waals surface area contributed by atoms with Crippen LogP contribution in [0.2, 0.25) is 5.02 Å². The zero-order valence-electron chi connectivity index (χ0n) is 18.0. The van der Waals surface area contributed by atoms with Gasteiger partial charge in [-0.2, -0.15) is 0 Å². The van der Waals surface area contributed by atoms with Gasteiger partial charge in [0.25, 0.3) is 5.91 Å². The molecule has 4 rings (SSSR count). The molecule has 0 atom stereocenters. The van der Waals surface area contributed by atoms with Crippen LogP contribution in [0.5, 0.6) is 5.75 Å². The summed E-state index contributed by atoms with van der Waals surface area (Å²) in [7, 11) is -3.78. The molecule has 1 N–H and O–H groups in total. The Labute approximate surface area is 199 Å². The first-order chi connectivity index (χ1) is 16.2. The van der Waals surface area contributed by atoms with E-state index in [0.717, 1.165) is 12.5 Å². The lowest BCUT2D eigenvalue weighted by atomic mass is 10.1. The maximum absolute atomic E-state index is 13.3. The number of rotatable bonds is 7. The van der Waals surface area contributed by atoms with Crippen LogP contribution in [0, 0.1) is 0 Å². The van der Waals surface area contributed by atoms with E-state index in [2.05, 4.69) is 15.3 Å². The molecule has 0 aliphatic heterocycles. The average Bonchev–Trinajstić information content (AvgIpc) is 3.17. The number of furan rings is 1. The second kappa shape index (κ2) is 9.24. The highest BCUT2D eigenvalue weighted by atomic mass is 35.5. The number of benzene rings is 2. The van der Waals surface area contributed by atoms with Gasteiger partial charge in [-0.1, -0.05) is 23.7 Å². The summed E-state index contributed by atoms with van der Waals surface area (Å²) in [6.45, 7) is 2.34. The van der Waals surface area contributed by atoms with E-state index in [-0.39, 0.29) is 22.2 Å². The molecule has 9 nitrogen and oxygen atoms in total. The van der Waals surface area contributed by atoms with Crippen molar-refractivity contribution >= 4 is 49.8 Å². The molecule has 0 saturated carbocycles. The Morgan fingerprint density at radius 2 is 1.82 bits per heavy atom. The van der Waals surface area contributed by atoms with E-state index >= 15 is 0 Å². The van der Waals surface area contributed by atoms with Gasteiger partial charge in [-0.05, 0) is 43.3 Å². The number of para-hydroxylation sites is 1. The summed E-state index contributed by atoms with van der Waals surface area (Å²) in [6, 6.07) is 13.3. The summed E-state index contributed by atoms with van der Waals surface area (Å²) in [5.41, 5.74) is 0.437. The van der Waals surface area contributed by atoms with Crippen LogP contribution in [-0.4, -0.2) is 42.9 Å². The van der Waals surface area contributed by atoms with Gasteiger partial charge < -0.3 is 14.5 Å². The van der Waals surface area contributed by atoms with Crippen molar-refractivity contribution in [3.63, 3.8) is 0 Å². The minimum atomic E-state index is -3.78. The first kappa shape index (κ1) is 23.4. The van der Waals surface area contributed by atoms with E-state index in [1.54, 1.807) is 48.5 Å². The SMILES string of the molecule is CCOc1ccc(C(=O)c2oc3ccccc3c2NC(=O)c2nc(S(C)(=O)=O)ncc2Cl)cc1. The Morgan fingerprint density at radius 1 is 1.12 bits per heavy atom. The summed E-state index contributed by atoms with van der Waals surface area (Å²) in [4.78, 5) is 33.7. The molecule has 0 radical (unpaired) electrons. The number of anilines is 1. The van der Waals surface area contributed by atoms with Gasteiger partial charge in [-0.15, -0.1) is 0 Å². The van der Waals surface area contributed by atoms with E-state index < -0.39 is 26.7 Å². The highest BCUT2D eigenvalue weighted by molar-refractivity contribution is 7.90. The number of hydrogen-bond acceptors (Lipinski definition) is 8. The Bertz CT molecular complexity index is 1510. The van der Waals surface area contributed by atoms with Gasteiger partial charge in [0.2, 0.25) is 20.8 Å². The van der Waals surface area contributed by atoms with Crippen molar-refractivity contribution in [2.75, 3.05) is 18.2 Å². The molecule has 0 aliphatic rings. The minimum Gasteiger partial charge on any atom is -0.494 e. The van der Waals surface area contributed by atoms with Crippen LogP contribution in [0.25, 0.3) is 11.0 Å². The molecule has 0 fully saturated rings. The Balaban J connectivity index is 1.75. The largest absolute Gasteiger partial charge is 0.494 e. The van der Waals surface area contributed by atoms with E-state index in [0.29, 0.717) is 28.9 Å². The fraction of sp³-hybridized carbons (Fsp3) is 0.130. The third-order valence-electron chi connectivity index (χ3n) is 4.74. The number of fused-ring (bicyclic) bond motifs is 1. The molecule has 2 aromatic heterocycles. The average molecular weight is 500 g/mol. The third-order valence-corrected chi connectivity index (χ3v) is 5.87. The second-order valence-corrected chi connectivity index (χ2v) is 9.48. The lowest BCUT2D eigenvalue weighted by Gasteiger charge is -2.08. The van der Waals surface area contributed by atoms with Gasteiger partial charge in [-0.25, -0.2) is 18.4 Å². The zero-order chi connectivity index (χ0) is 24.5. The van der Waals surface area contributed by atoms with Crippen molar-refractivity contribution in [2.24, 2.45) is 0 Å². The molecular formula is C23H18ClN3O6S. The predicted molar refractivity (Wildman–Crippen MR) is 125 cm³/mol. The summed E-state index contributed by atoms with van der Waals surface area (Å²) < 4.78 is 34.8. The Hall–Kier alpha value is -3.76. The minimum absolute atomic E-state index is 0.104. The number of carbonyl (C=O) groups excluding carboxylic acids is 2. The Kier molecular flexibility index (Phi) is 6.36. The second-order valence-electron chi connectivity index (χ2n) is 7.16. The zero-order valence-corrected chi connectivity index (χ0v) is 19.6. The van der Waals surface area contributed by atoms with Crippen molar-refractivity contribution in [2.45, 2.75) is 12.1 Å². The molecule has 4 aromatic rings. The highest BCUT2D eigenvalue weighted by Crippen LogP contribution is 2.33. The highest BCUT2D eigenvalue weighted by Gasteiger charge is 2.26. The molecule has 34 heavy (non-hydrogen) atoms. The molecule has 0 saturated heterocycles. The molecule has 11 heteroatoms. The topological polar surface area (TPSA) is 128 Å². The molecule has 0 bridgehead atoms. The van der Waals surface area contributed by atoms with Crippen molar-refractivity contribution in [1.82, 2.24) is 9.97 Å². The van der Waals surface area contributed by atoms with Crippen molar-refractivity contribution in [1.29, 1.82) is 0 Å². The summed E-state index contributed by atoms with van der Waals surface area (Å²) >= 11 is 6.06. The molecule has 0 spiro atoms. The predicted octanol–water partition coefficient (Wildman–Crippen LogP) is 4.16. The lowest BCUT2D eigenvalue weighted by molar-refractivity contribution is 0.101. The van der Waals surface area contributed by atoms with Gasteiger partial charge >= 0.3 is 0 Å². The smallest absolute Gasteiger partial charge is 0.276 e. The van der Waals surface area contributed by atoms with Crippen molar-refractivity contribution < 1.29 is 27.2 Å². The fourth-order valence-electron chi connectivity index (χ4n) is 3.19. The first-order valence-corrected chi connectivity index (χ1v) is 12.3. The van der Waals surface area contributed by atoms with Crippen molar-refractivity contribution in [3.05, 3.63) is 76.8 Å². The van der Waals surface area contributed by atoms with Crippen LogP contribution >= 0.6 is 11.6 Å². The van der Waals surface area contributed by atoms with Crippen LogP contribution in [0.15, 0.2) is 64.3 Å². The van der Waals surface area contributed by atoms with Crippen LogP contribution in [0.4, 0.5) is 5.69 Å². The maximum atomic E-state index is 13.3. The van der Waals surface area contributed by atoms with Crippen LogP contribution in [0.1, 0.15) is 33.5 Å². The molecular weight excluding hydrogens is 482 g/mol. The number of nitrogens with zero attached hydrogens (tertiary/aromatic N) is 2. The van der Waals surface area contributed by atoms with E-state index in [1.807, 2.05) is 6.92 Å². The third kappa shape index (κ3) is 4.63. The summed E-state index contributed by atoms with van der Waals surface area (Å²) in [5.74, 6) is -0.797. The number of aromatic nitrogens is 2. The van der Waals surface area contributed by atoms with Gasteiger partial charge in [0.15, 0.2) is 11.5 Å². The molecule has 2 aromatic carbocycles. The summed E-state index contributed by atoms with van der Waals surface area (Å²) in [5, 5.41) is 2.37. The number of hydrogen-bond donors (Lipinski definition) is 1. The number of halogens is 1. The lowest BCUT2D eigenvalue weighted by Crippen LogP contribution is -2.18. The van der Waals surface area contributed by atoms with Gasteiger partial charge in [0.1, 0.15) is 11.3 Å². The normalized spacial score (nSPS) is 11.4. The monoisotopic (exact) mass is 499 g/mol. The van der Waals surface area contributed by atoms with Crippen LogP contribution < -0.4 is 10.1 Å². The molecule has 2 heterocycles. The van der Waals surface area contributed by atoms with Crippen LogP contribution in [0.3, 0.4) is 0 Å². The fourth-order valence-corrected chi connectivity index (χ4v) is 3.87. The van der Waals surface area contributed by atoms with Crippen LogP contribution in [-0.2, 0) is 9.84 Å². The number of sulfone groups is 1. The molecule has 0 aliphatic carbocycles.